The first-order chi connectivity index (χ1) is 17.8. The lowest BCUT2D eigenvalue weighted by Gasteiger charge is -2.61. The Bertz CT molecular complexity index is 1320. The molecule has 6 nitrogen and oxygen atoms in total. The number of rotatable bonds is 6. The summed E-state index contributed by atoms with van der Waals surface area (Å²) >= 11 is 0. The van der Waals surface area contributed by atoms with E-state index in [1.54, 1.807) is 0 Å². The predicted molar refractivity (Wildman–Crippen MR) is 149 cm³/mol. The van der Waals surface area contributed by atoms with Crippen molar-refractivity contribution in [3.05, 3.63) is 42.5 Å². The molecule has 4 saturated carbocycles. The van der Waals surface area contributed by atoms with Crippen LogP contribution in [-0.2, 0) is 4.74 Å². The van der Waals surface area contributed by atoms with Gasteiger partial charge in [0.25, 0.3) is 0 Å². The van der Waals surface area contributed by atoms with Crippen LogP contribution in [0.25, 0.3) is 22.2 Å². The minimum Gasteiger partial charge on any atom is -0.494 e. The molecule has 1 aromatic heterocycles. The summed E-state index contributed by atoms with van der Waals surface area (Å²) in [6, 6.07) is 14.6. The molecule has 3 N–H and O–H groups in total. The molecule has 7 rings (SSSR count). The molecule has 3 aromatic rings. The first kappa shape index (κ1) is 24.2. The molecule has 4 aliphatic carbocycles. The molecular weight excluding hydrogens is 462 g/mol. The quantitative estimate of drug-likeness (QED) is 0.364. The molecule has 0 aliphatic heterocycles. The zero-order valence-electron chi connectivity index (χ0n) is 22.4. The van der Waals surface area contributed by atoms with E-state index in [0.29, 0.717) is 35.8 Å². The molecule has 1 amide bonds. The Labute approximate surface area is 219 Å². The van der Waals surface area contributed by atoms with Gasteiger partial charge in [-0.1, -0.05) is 32.9 Å². The number of amides is 1. The molecule has 4 unspecified atom stereocenters. The van der Waals surface area contributed by atoms with E-state index in [1.807, 2.05) is 37.3 Å². The van der Waals surface area contributed by atoms with Crippen molar-refractivity contribution in [2.75, 3.05) is 17.7 Å². The van der Waals surface area contributed by atoms with E-state index >= 15 is 0 Å². The second-order valence-electron chi connectivity index (χ2n) is 11.9. The Morgan fingerprint density at radius 1 is 1.14 bits per heavy atom. The van der Waals surface area contributed by atoms with Gasteiger partial charge in [-0.15, -0.1) is 0 Å². The van der Waals surface area contributed by atoms with Crippen molar-refractivity contribution >= 4 is 28.4 Å². The van der Waals surface area contributed by atoms with Crippen molar-refractivity contribution in [1.82, 2.24) is 4.57 Å². The van der Waals surface area contributed by atoms with Crippen LogP contribution in [0.5, 0.6) is 5.75 Å². The Hall–Kier alpha value is -3.15. The number of hydrogen-bond donors (Lipinski definition) is 2. The highest BCUT2D eigenvalue weighted by atomic mass is 16.6. The molecule has 4 aliphatic rings. The minimum absolute atomic E-state index is 0.00407. The largest absolute Gasteiger partial charge is 0.494 e. The van der Waals surface area contributed by atoms with Gasteiger partial charge < -0.3 is 19.8 Å². The lowest BCUT2D eigenvalue weighted by Crippen LogP contribution is -2.57. The molecule has 6 heteroatoms. The van der Waals surface area contributed by atoms with Gasteiger partial charge in [-0.25, -0.2) is 4.79 Å². The maximum atomic E-state index is 12.7. The summed E-state index contributed by atoms with van der Waals surface area (Å²) in [6.45, 7) is 9.58. The Morgan fingerprint density at radius 3 is 2.51 bits per heavy atom. The summed E-state index contributed by atoms with van der Waals surface area (Å²) in [7, 11) is 0. The van der Waals surface area contributed by atoms with E-state index < -0.39 is 0 Å². The van der Waals surface area contributed by atoms with Crippen LogP contribution in [0.2, 0.25) is 0 Å². The average Bonchev–Trinajstić information content (AvgIpc) is 3.11. The van der Waals surface area contributed by atoms with E-state index in [1.165, 1.54) is 12.8 Å². The van der Waals surface area contributed by atoms with Crippen LogP contribution < -0.4 is 15.8 Å². The summed E-state index contributed by atoms with van der Waals surface area (Å²) < 4.78 is 14.1. The zero-order chi connectivity index (χ0) is 25.9. The molecule has 0 spiro atoms. The highest BCUT2D eigenvalue weighted by Gasteiger charge is 2.57. The van der Waals surface area contributed by atoms with Gasteiger partial charge in [0, 0.05) is 28.7 Å². The number of anilines is 2. The Balaban J connectivity index is 1.21. The average molecular weight is 502 g/mol. The second kappa shape index (κ2) is 9.00. The number of nitrogens with one attached hydrogen (secondary N) is 1. The molecule has 196 valence electrons. The summed E-state index contributed by atoms with van der Waals surface area (Å²) in [5.41, 5.74) is 11.8. The summed E-state index contributed by atoms with van der Waals surface area (Å²) in [4.78, 5) is 12.7. The molecular formula is C31H39N3O3. The van der Waals surface area contributed by atoms with Crippen molar-refractivity contribution in [3.63, 3.8) is 0 Å². The number of ether oxygens (including phenoxy) is 2. The van der Waals surface area contributed by atoms with Crippen LogP contribution in [0, 0.1) is 23.2 Å². The van der Waals surface area contributed by atoms with Gasteiger partial charge in [0.05, 0.1) is 23.5 Å². The second-order valence-corrected chi connectivity index (χ2v) is 11.9. The number of fused-ring (bicyclic) bond motifs is 3. The van der Waals surface area contributed by atoms with Gasteiger partial charge in [0.2, 0.25) is 0 Å². The van der Waals surface area contributed by atoms with Crippen LogP contribution in [0.1, 0.15) is 65.8 Å². The van der Waals surface area contributed by atoms with Gasteiger partial charge in [0.1, 0.15) is 11.9 Å². The number of nitrogens with two attached hydrogens (primary N) is 1. The standard InChI is InChI=1S/C31H39N3O3/c1-5-36-23-13-14-24-26(17-23)34(22-7-6-8-22)29(28(24)32)19-9-11-21(12-10-19)33-30(35)37-27-16-20-15-25(18(27)2)31(20,3)4/h9-14,17-18,20,22,25,27H,5-8,15-16,32H2,1-4H3,(H,33,35). The van der Waals surface area contributed by atoms with E-state index in [0.717, 1.165) is 58.5 Å². The van der Waals surface area contributed by atoms with E-state index in [4.69, 9.17) is 15.2 Å². The lowest BCUT2D eigenvalue weighted by atomic mass is 9.45. The number of aromatic nitrogens is 1. The highest BCUT2D eigenvalue weighted by Crippen LogP contribution is 2.61. The van der Waals surface area contributed by atoms with Gasteiger partial charge in [0.15, 0.2) is 0 Å². The number of hydrogen-bond acceptors (Lipinski definition) is 4. The fourth-order valence-corrected chi connectivity index (χ4v) is 7.15. The van der Waals surface area contributed by atoms with Crippen LogP contribution in [0.4, 0.5) is 16.2 Å². The van der Waals surface area contributed by atoms with Crippen molar-refractivity contribution in [3.8, 4) is 17.0 Å². The number of carbonyl (C=O) groups excluding carboxylic acids is 1. The Kier molecular flexibility index (Phi) is 5.89. The molecule has 0 saturated heterocycles. The van der Waals surface area contributed by atoms with Gasteiger partial charge in [-0.05, 0) is 86.5 Å². The van der Waals surface area contributed by atoms with Crippen LogP contribution >= 0.6 is 0 Å². The van der Waals surface area contributed by atoms with Crippen molar-refractivity contribution in [2.24, 2.45) is 23.2 Å². The fraction of sp³-hybridized carbons (Fsp3) is 0.516. The topological polar surface area (TPSA) is 78.5 Å². The van der Waals surface area contributed by atoms with Gasteiger partial charge >= 0.3 is 6.09 Å². The van der Waals surface area contributed by atoms with Crippen molar-refractivity contribution < 1.29 is 14.3 Å². The number of carbonyl (C=O) groups is 1. The summed E-state index contributed by atoms with van der Waals surface area (Å²) in [5, 5.41) is 4.00. The minimum atomic E-state index is -0.366. The Morgan fingerprint density at radius 2 is 1.89 bits per heavy atom. The number of nitrogen functional groups attached to an aromatic ring is 1. The van der Waals surface area contributed by atoms with Gasteiger partial charge in [-0.2, -0.15) is 0 Å². The van der Waals surface area contributed by atoms with E-state index in [9.17, 15) is 4.79 Å². The third-order valence-electron chi connectivity index (χ3n) is 9.71. The molecule has 4 fully saturated rings. The van der Waals surface area contributed by atoms with E-state index in [-0.39, 0.29) is 12.2 Å². The van der Waals surface area contributed by atoms with Crippen LogP contribution in [0.15, 0.2) is 42.5 Å². The highest BCUT2D eigenvalue weighted by molar-refractivity contribution is 6.01. The number of benzene rings is 2. The summed E-state index contributed by atoms with van der Waals surface area (Å²) in [6.07, 6.45) is 5.40. The third-order valence-corrected chi connectivity index (χ3v) is 9.71. The van der Waals surface area contributed by atoms with Crippen LogP contribution in [-0.4, -0.2) is 23.4 Å². The normalized spacial score (nSPS) is 26.3. The molecule has 0 radical (unpaired) electrons. The molecule has 37 heavy (non-hydrogen) atoms. The predicted octanol–water partition coefficient (Wildman–Crippen LogP) is 7.63. The van der Waals surface area contributed by atoms with Gasteiger partial charge in [-0.3, -0.25) is 5.32 Å². The maximum absolute atomic E-state index is 12.7. The molecule has 1 heterocycles. The first-order valence-corrected chi connectivity index (χ1v) is 13.9. The lowest BCUT2D eigenvalue weighted by molar-refractivity contribution is -0.153. The maximum Gasteiger partial charge on any atom is 0.411 e. The molecule has 2 aromatic carbocycles. The molecule has 2 bridgehead atoms. The smallest absolute Gasteiger partial charge is 0.411 e. The fourth-order valence-electron chi connectivity index (χ4n) is 7.15. The summed E-state index contributed by atoms with van der Waals surface area (Å²) in [5.74, 6) is 2.56. The van der Waals surface area contributed by atoms with Crippen LogP contribution in [0.3, 0.4) is 0 Å². The van der Waals surface area contributed by atoms with E-state index in [2.05, 4.69) is 42.8 Å². The third kappa shape index (κ3) is 3.96. The van der Waals surface area contributed by atoms with Crippen molar-refractivity contribution in [1.29, 1.82) is 0 Å². The van der Waals surface area contributed by atoms with Crippen molar-refractivity contribution in [2.45, 2.75) is 71.9 Å². The monoisotopic (exact) mass is 501 g/mol. The SMILES string of the molecule is CCOc1ccc2c(N)c(-c3ccc(NC(=O)OC4CC5CC(C4C)C5(C)C)cc3)n(C3CCC3)c2c1. The molecule has 4 atom stereocenters. The zero-order valence-corrected chi connectivity index (χ0v) is 22.4. The number of nitrogens with zero attached hydrogens (tertiary/aromatic N) is 1. The first-order valence-electron chi connectivity index (χ1n) is 13.9.